The molecule has 0 N–H and O–H groups in total. The van der Waals surface area contributed by atoms with Gasteiger partial charge in [-0.2, -0.15) is 0 Å². The molecule has 1 aliphatic carbocycles. The van der Waals surface area contributed by atoms with Crippen molar-refractivity contribution < 1.29 is 13.9 Å². The summed E-state index contributed by atoms with van der Waals surface area (Å²) >= 11 is 0. The van der Waals surface area contributed by atoms with E-state index in [2.05, 4.69) is 0 Å². The molecule has 1 aromatic rings. The first-order valence-electron chi connectivity index (χ1n) is 6.03. The number of aryl methyl sites for hydroxylation is 1. The fourth-order valence-electron chi connectivity index (χ4n) is 2.08. The van der Waals surface area contributed by atoms with Gasteiger partial charge in [0.05, 0.1) is 12.7 Å². The van der Waals surface area contributed by atoms with E-state index in [0.717, 1.165) is 24.0 Å². The van der Waals surface area contributed by atoms with Gasteiger partial charge < -0.3 is 4.74 Å². The third-order valence-electron chi connectivity index (χ3n) is 3.28. The highest BCUT2D eigenvalue weighted by Gasteiger charge is 2.19. The van der Waals surface area contributed by atoms with Gasteiger partial charge in [0.2, 0.25) is 0 Å². The normalized spacial score (nSPS) is 17.4. The fraction of sp³-hybridized carbons (Fsp3) is 0.500. The van der Waals surface area contributed by atoms with Crippen LogP contribution in [-0.4, -0.2) is 11.9 Å². The number of rotatable bonds is 3. The zero-order valence-electron chi connectivity index (χ0n) is 10.0. The van der Waals surface area contributed by atoms with Crippen LogP contribution in [0.4, 0.5) is 4.39 Å². The summed E-state index contributed by atoms with van der Waals surface area (Å²) in [5, 5.41) is 0. The Kier molecular flexibility index (Phi) is 3.89. The van der Waals surface area contributed by atoms with Gasteiger partial charge >= 0.3 is 0 Å². The molecular formula is C14H17FO2. The Morgan fingerprint density at radius 1 is 1.35 bits per heavy atom. The van der Waals surface area contributed by atoms with Crippen molar-refractivity contribution in [1.29, 1.82) is 0 Å². The zero-order chi connectivity index (χ0) is 12.3. The Morgan fingerprint density at radius 2 is 2.06 bits per heavy atom. The number of carbonyl (C=O) groups excluding carboxylic acids is 1. The molecule has 0 heterocycles. The molecule has 0 aromatic heterocycles. The van der Waals surface area contributed by atoms with Gasteiger partial charge in [0.1, 0.15) is 11.6 Å². The van der Waals surface area contributed by atoms with Crippen LogP contribution in [0.5, 0.6) is 0 Å². The molecule has 0 unspecified atom stereocenters. The molecule has 0 atom stereocenters. The summed E-state index contributed by atoms with van der Waals surface area (Å²) in [4.78, 5) is 11.1. The Labute approximate surface area is 101 Å². The van der Waals surface area contributed by atoms with Crippen LogP contribution >= 0.6 is 0 Å². The number of benzene rings is 1. The van der Waals surface area contributed by atoms with Crippen molar-refractivity contribution in [3.8, 4) is 0 Å². The molecule has 1 saturated carbocycles. The Bertz CT molecular complexity index is 405. The number of hydrogen-bond acceptors (Lipinski definition) is 2. The monoisotopic (exact) mass is 236 g/mol. The maximum absolute atomic E-state index is 13.1. The molecule has 3 heteroatoms. The van der Waals surface area contributed by atoms with Crippen LogP contribution in [0, 0.1) is 12.7 Å². The highest BCUT2D eigenvalue weighted by molar-refractivity contribution is 5.79. The minimum absolute atomic E-state index is 0.148. The first-order valence-corrected chi connectivity index (χ1v) is 6.03. The van der Waals surface area contributed by atoms with Crippen molar-refractivity contribution in [2.45, 2.75) is 45.3 Å². The van der Waals surface area contributed by atoms with Gasteiger partial charge in [0, 0.05) is 12.8 Å². The summed E-state index contributed by atoms with van der Waals surface area (Å²) in [6.07, 6.45) is 2.98. The van der Waals surface area contributed by atoms with E-state index in [0.29, 0.717) is 25.2 Å². The molecule has 0 radical (unpaired) electrons. The van der Waals surface area contributed by atoms with E-state index >= 15 is 0 Å². The standard InChI is InChI=1S/C14H17FO2/c1-10-2-3-12(15)8-11(10)9-17-14-6-4-13(16)5-7-14/h2-3,8,14H,4-7,9H2,1H3. The SMILES string of the molecule is Cc1ccc(F)cc1COC1CCC(=O)CC1. The molecule has 1 aliphatic rings. The molecular weight excluding hydrogens is 219 g/mol. The van der Waals surface area contributed by atoms with Crippen molar-refractivity contribution in [3.05, 3.63) is 35.1 Å². The third kappa shape index (κ3) is 3.37. The van der Waals surface area contributed by atoms with Crippen LogP contribution in [0.15, 0.2) is 18.2 Å². The first kappa shape index (κ1) is 12.2. The minimum atomic E-state index is -0.229. The van der Waals surface area contributed by atoms with E-state index in [1.165, 1.54) is 12.1 Å². The average Bonchev–Trinajstić information content (AvgIpc) is 2.32. The van der Waals surface area contributed by atoms with Gasteiger partial charge in [0.15, 0.2) is 0 Å². The fourth-order valence-corrected chi connectivity index (χ4v) is 2.08. The van der Waals surface area contributed by atoms with Gasteiger partial charge in [0.25, 0.3) is 0 Å². The number of halogens is 1. The van der Waals surface area contributed by atoms with Crippen LogP contribution in [0.25, 0.3) is 0 Å². The summed E-state index contributed by atoms with van der Waals surface area (Å²) in [7, 11) is 0. The van der Waals surface area contributed by atoms with Gasteiger partial charge in [-0.3, -0.25) is 4.79 Å². The van der Waals surface area contributed by atoms with Crippen molar-refractivity contribution >= 4 is 5.78 Å². The Morgan fingerprint density at radius 3 is 2.76 bits per heavy atom. The predicted molar refractivity (Wildman–Crippen MR) is 63.2 cm³/mol. The van der Waals surface area contributed by atoms with Gasteiger partial charge in [-0.05, 0) is 43.0 Å². The lowest BCUT2D eigenvalue weighted by Gasteiger charge is -2.21. The van der Waals surface area contributed by atoms with E-state index in [9.17, 15) is 9.18 Å². The van der Waals surface area contributed by atoms with E-state index in [4.69, 9.17) is 4.74 Å². The van der Waals surface area contributed by atoms with E-state index in [1.54, 1.807) is 6.07 Å². The zero-order valence-corrected chi connectivity index (χ0v) is 10.0. The summed E-state index contributed by atoms with van der Waals surface area (Å²) in [6.45, 7) is 2.38. The topological polar surface area (TPSA) is 26.3 Å². The number of ketones is 1. The van der Waals surface area contributed by atoms with Crippen molar-refractivity contribution in [2.24, 2.45) is 0 Å². The van der Waals surface area contributed by atoms with E-state index in [1.807, 2.05) is 6.92 Å². The number of ether oxygens (including phenoxy) is 1. The Balaban J connectivity index is 1.89. The summed E-state index contributed by atoms with van der Waals surface area (Å²) < 4.78 is 18.8. The highest BCUT2D eigenvalue weighted by Crippen LogP contribution is 2.20. The second-order valence-corrected chi connectivity index (χ2v) is 4.62. The number of carbonyl (C=O) groups is 1. The van der Waals surface area contributed by atoms with Crippen LogP contribution in [-0.2, 0) is 16.1 Å². The maximum Gasteiger partial charge on any atom is 0.133 e. The quantitative estimate of drug-likeness (QED) is 0.805. The molecule has 1 fully saturated rings. The second kappa shape index (κ2) is 5.41. The lowest BCUT2D eigenvalue weighted by Crippen LogP contribution is -2.21. The first-order chi connectivity index (χ1) is 8.15. The highest BCUT2D eigenvalue weighted by atomic mass is 19.1. The van der Waals surface area contributed by atoms with Crippen molar-refractivity contribution in [1.82, 2.24) is 0 Å². The van der Waals surface area contributed by atoms with Gasteiger partial charge in [-0.15, -0.1) is 0 Å². The third-order valence-corrected chi connectivity index (χ3v) is 3.28. The minimum Gasteiger partial charge on any atom is -0.374 e. The molecule has 2 rings (SSSR count). The molecule has 0 amide bonds. The lowest BCUT2D eigenvalue weighted by molar-refractivity contribution is -0.123. The largest absolute Gasteiger partial charge is 0.374 e. The number of hydrogen-bond donors (Lipinski definition) is 0. The summed E-state index contributed by atoms with van der Waals surface area (Å²) in [5.74, 6) is 0.0970. The van der Waals surface area contributed by atoms with E-state index < -0.39 is 0 Å². The molecule has 0 spiro atoms. The predicted octanol–water partition coefficient (Wildman–Crippen LogP) is 3.16. The maximum atomic E-state index is 13.1. The summed E-state index contributed by atoms with van der Waals surface area (Å²) in [5.41, 5.74) is 1.93. The smallest absolute Gasteiger partial charge is 0.133 e. The Hall–Kier alpha value is -1.22. The van der Waals surface area contributed by atoms with Crippen LogP contribution < -0.4 is 0 Å². The summed E-state index contributed by atoms with van der Waals surface area (Å²) in [6, 6.07) is 4.74. The van der Waals surface area contributed by atoms with Crippen molar-refractivity contribution in [2.75, 3.05) is 0 Å². The van der Waals surface area contributed by atoms with Crippen LogP contribution in [0.3, 0.4) is 0 Å². The molecule has 1 aromatic carbocycles. The molecule has 0 aliphatic heterocycles. The van der Waals surface area contributed by atoms with Crippen LogP contribution in [0.2, 0.25) is 0 Å². The van der Waals surface area contributed by atoms with Gasteiger partial charge in [-0.25, -0.2) is 4.39 Å². The molecule has 0 bridgehead atoms. The van der Waals surface area contributed by atoms with E-state index in [-0.39, 0.29) is 11.9 Å². The molecule has 0 saturated heterocycles. The molecule has 92 valence electrons. The molecule has 17 heavy (non-hydrogen) atoms. The number of Topliss-reactive ketones (excluding diaryl/α,β-unsaturated/α-hetero) is 1. The van der Waals surface area contributed by atoms with Gasteiger partial charge in [-0.1, -0.05) is 6.07 Å². The average molecular weight is 236 g/mol. The second-order valence-electron chi connectivity index (χ2n) is 4.62. The van der Waals surface area contributed by atoms with Crippen molar-refractivity contribution in [3.63, 3.8) is 0 Å². The molecule has 2 nitrogen and oxygen atoms in total. The van der Waals surface area contributed by atoms with Crippen LogP contribution in [0.1, 0.15) is 36.8 Å². The lowest BCUT2D eigenvalue weighted by atomic mass is 9.96.